The summed E-state index contributed by atoms with van der Waals surface area (Å²) >= 11 is 9.61. The molecule has 0 spiro atoms. The molecule has 0 aromatic heterocycles. The van der Waals surface area contributed by atoms with E-state index in [1.165, 1.54) is 6.42 Å². The standard InChI is InChI=1S/C13H19BrClNO/c1-4-10(3)16-5-6-17-13-11(14)7-9(2)8-12(13)15/h7-8,10,16H,4-6H2,1-3H3/p+1/t10-/m0/s1. The molecule has 0 aliphatic heterocycles. The molecular formula is C13H20BrClNO+. The molecule has 96 valence electrons. The zero-order valence-electron chi connectivity index (χ0n) is 10.6. The Kier molecular flexibility index (Phi) is 6.31. The van der Waals surface area contributed by atoms with Gasteiger partial charge < -0.3 is 10.1 Å². The van der Waals surface area contributed by atoms with Crippen LogP contribution in [0.15, 0.2) is 16.6 Å². The number of aryl methyl sites for hydroxylation is 1. The molecule has 0 unspecified atom stereocenters. The fraction of sp³-hybridized carbons (Fsp3) is 0.538. The second-order valence-electron chi connectivity index (χ2n) is 4.32. The Bertz CT molecular complexity index is 347. The molecule has 17 heavy (non-hydrogen) atoms. The summed E-state index contributed by atoms with van der Waals surface area (Å²) in [6.45, 7) is 8.04. The summed E-state index contributed by atoms with van der Waals surface area (Å²) in [4.78, 5) is 0. The van der Waals surface area contributed by atoms with E-state index in [0.29, 0.717) is 17.7 Å². The number of hydrogen-bond acceptors (Lipinski definition) is 1. The van der Waals surface area contributed by atoms with Crippen LogP contribution >= 0.6 is 27.5 Å². The van der Waals surface area contributed by atoms with E-state index in [2.05, 4.69) is 35.1 Å². The molecule has 2 N–H and O–H groups in total. The number of benzene rings is 1. The van der Waals surface area contributed by atoms with E-state index in [9.17, 15) is 0 Å². The maximum absolute atomic E-state index is 6.14. The highest BCUT2D eigenvalue weighted by Crippen LogP contribution is 2.34. The van der Waals surface area contributed by atoms with Crippen molar-refractivity contribution in [3.63, 3.8) is 0 Å². The lowest BCUT2D eigenvalue weighted by atomic mass is 10.2. The Balaban J connectivity index is 2.47. The van der Waals surface area contributed by atoms with Gasteiger partial charge in [-0.05, 0) is 53.9 Å². The van der Waals surface area contributed by atoms with Crippen molar-refractivity contribution in [1.29, 1.82) is 0 Å². The van der Waals surface area contributed by atoms with Crippen LogP contribution in [0.1, 0.15) is 25.8 Å². The van der Waals surface area contributed by atoms with E-state index in [0.717, 1.165) is 22.3 Å². The van der Waals surface area contributed by atoms with Crippen molar-refractivity contribution >= 4 is 27.5 Å². The highest BCUT2D eigenvalue weighted by molar-refractivity contribution is 9.10. The fourth-order valence-corrected chi connectivity index (χ4v) is 2.64. The summed E-state index contributed by atoms with van der Waals surface area (Å²) in [5, 5.41) is 2.95. The van der Waals surface area contributed by atoms with Crippen molar-refractivity contribution in [2.75, 3.05) is 13.2 Å². The van der Waals surface area contributed by atoms with E-state index in [-0.39, 0.29) is 0 Å². The van der Waals surface area contributed by atoms with Crippen LogP contribution in [-0.2, 0) is 0 Å². The summed E-state index contributed by atoms with van der Waals surface area (Å²) in [5.74, 6) is 0.745. The van der Waals surface area contributed by atoms with Crippen molar-refractivity contribution in [2.45, 2.75) is 33.2 Å². The Labute approximate surface area is 117 Å². The van der Waals surface area contributed by atoms with E-state index in [4.69, 9.17) is 16.3 Å². The zero-order valence-corrected chi connectivity index (χ0v) is 12.9. The van der Waals surface area contributed by atoms with Crippen molar-refractivity contribution in [3.05, 3.63) is 27.2 Å². The van der Waals surface area contributed by atoms with Crippen LogP contribution in [0.2, 0.25) is 5.02 Å². The number of ether oxygens (including phenoxy) is 1. The smallest absolute Gasteiger partial charge is 0.152 e. The molecule has 0 saturated carbocycles. The second kappa shape index (κ2) is 7.24. The van der Waals surface area contributed by atoms with Gasteiger partial charge in [-0.25, -0.2) is 0 Å². The molecular weight excluding hydrogens is 302 g/mol. The SMILES string of the molecule is CC[C@H](C)[NH2+]CCOc1c(Cl)cc(C)cc1Br. The molecule has 1 aromatic rings. The quantitative estimate of drug-likeness (QED) is 0.800. The lowest BCUT2D eigenvalue weighted by molar-refractivity contribution is -0.686. The monoisotopic (exact) mass is 320 g/mol. The molecule has 0 heterocycles. The number of hydrogen-bond donors (Lipinski definition) is 1. The minimum Gasteiger partial charge on any atom is -0.485 e. The zero-order chi connectivity index (χ0) is 12.8. The van der Waals surface area contributed by atoms with Crippen molar-refractivity contribution < 1.29 is 10.1 Å². The van der Waals surface area contributed by atoms with Crippen LogP contribution in [0.3, 0.4) is 0 Å². The first-order valence-corrected chi connectivity index (χ1v) is 7.13. The van der Waals surface area contributed by atoms with Gasteiger partial charge in [0.1, 0.15) is 13.2 Å². The van der Waals surface area contributed by atoms with Crippen LogP contribution in [-0.4, -0.2) is 19.2 Å². The molecule has 0 aliphatic rings. The average Bonchev–Trinajstić information content (AvgIpc) is 2.26. The summed E-state index contributed by atoms with van der Waals surface area (Å²) in [6, 6.07) is 4.58. The number of halogens is 2. The molecule has 0 radical (unpaired) electrons. The third kappa shape index (κ3) is 4.86. The van der Waals surface area contributed by atoms with Gasteiger partial charge in [0.05, 0.1) is 15.5 Å². The maximum atomic E-state index is 6.14. The van der Waals surface area contributed by atoms with Gasteiger partial charge in [-0.15, -0.1) is 0 Å². The normalized spacial score (nSPS) is 12.5. The Hall–Kier alpha value is -0.250. The van der Waals surface area contributed by atoms with E-state index in [1.807, 2.05) is 19.1 Å². The Morgan fingerprint density at radius 1 is 1.47 bits per heavy atom. The fourth-order valence-electron chi connectivity index (χ4n) is 1.50. The van der Waals surface area contributed by atoms with Gasteiger partial charge in [-0.2, -0.15) is 0 Å². The van der Waals surface area contributed by atoms with E-state index >= 15 is 0 Å². The highest BCUT2D eigenvalue weighted by atomic mass is 79.9. The van der Waals surface area contributed by atoms with Gasteiger partial charge >= 0.3 is 0 Å². The predicted octanol–water partition coefficient (Wildman–Crippen LogP) is 3.15. The van der Waals surface area contributed by atoms with Gasteiger partial charge in [0.15, 0.2) is 5.75 Å². The van der Waals surface area contributed by atoms with Gasteiger partial charge in [-0.3, -0.25) is 0 Å². The van der Waals surface area contributed by atoms with Gasteiger partial charge in [-0.1, -0.05) is 18.5 Å². The molecule has 1 rings (SSSR count). The van der Waals surface area contributed by atoms with Crippen LogP contribution in [0, 0.1) is 6.92 Å². The van der Waals surface area contributed by atoms with Crippen LogP contribution in [0.4, 0.5) is 0 Å². The van der Waals surface area contributed by atoms with Crippen LogP contribution in [0.5, 0.6) is 5.75 Å². The van der Waals surface area contributed by atoms with Crippen molar-refractivity contribution in [2.24, 2.45) is 0 Å². The number of rotatable bonds is 6. The van der Waals surface area contributed by atoms with Crippen molar-refractivity contribution in [1.82, 2.24) is 0 Å². The average molecular weight is 322 g/mol. The maximum Gasteiger partial charge on any atom is 0.152 e. The number of nitrogens with two attached hydrogens (primary N) is 1. The summed E-state index contributed by atoms with van der Waals surface area (Å²) in [7, 11) is 0. The molecule has 0 aliphatic carbocycles. The van der Waals surface area contributed by atoms with E-state index < -0.39 is 0 Å². The van der Waals surface area contributed by atoms with Crippen LogP contribution in [0.25, 0.3) is 0 Å². The van der Waals surface area contributed by atoms with Gasteiger partial charge in [0.25, 0.3) is 0 Å². The number of quaternary nitrogens is 1. The Morgan fingerprint density at radius 2 is 2.18 bits per heavy atom. The second-order valence-corrected chi connectivity index (χ2v) is 5.58. The van der Waals surface area contributed by atoms with Crippen molar-refractivity contribution in [3.8, 4) is 5.75 Å². The molecule has 0 bridgehead atoms. The summed E-state index contributed by atoms with van der Waals surface area (Å²) in [6.07, 6.45) is 1.18. The van der Waals surface area contributed by atoms with Crippen LogP contribution < -0.4 is 10.1 Å². The first kappa shape index (κ1) is 14.8. The lowest BCUT2D eigenvalue weighted by Gasteiger charge is -2.12. The predicted molar refractivity (Wildman–Crippen MR) is 75.9 cm³/mol. The highest BCUT2D eigenvalue weighted by Gasteiger charge is 2.08. The first-order valence-electron chi connectivity index (χ1n) is 5.96. The molecule has 1 atom stereocenters. The molecule has 0 fully saturated rings. The third-order valence-corrected chi connectivity index (χ3v) is 3.59. The van der Waals surface area contributed by atoms with E-state index in [1.54, 1.807) is 0 Å². The minimum absolute atomic E-state index is 0.649. The summed E-state index contributed by atoms with van der Waals surface area (Å²) in [5.41, 5.74) is 1.13. The molecule has 4 heteroatoms. The van der Waals surface area contributed by atoms with Gasteiger partial charge in [0, 0.05) is 0 Å². The lowest BCUT2D eigenvalue weighted by Crippen LogP contribution is -2.90. The first-order chi connectivity index (χ1) is 8.04. The summed E-state index contributed by atoms with van der Waals surface area (Å²) < 4.78 is 6.63. The largest absolute Gasteiger partial charge is 0.485 e. The topological polar surface area (TPSA) is 25.8 Å². The Morgan fingerprint density at radius 3 is 2.76 bits per heavy atom. The van der Waals surface area contributed by atoms with Gasteiger partial charge in [0.2, 0.25) is 0 Å². The molecule has 1 aromatic carbocycles. The minimum atomic E-state index is 0.649. The third-order valence-electron chi connectivity index (χ3n) is 2.72. The molecule has 2 nitrogen and oxygen atoms in total. The molecule has 0 saturated heterocycles. The molecule has 0 amide bonds.